The molecule has 27 heavy (non-hydrogen) atoms. The van der Waals surface area contributed by atoms with Gasteiger partial charge in [0.1, 0.15) is 6.04 Å². The lowest BCUT2D eigenvalue weighted by Crippen LogP contribution is -2.29. The molecular formula is C20H18ClIN2O3. The van der Waals surface area contributed by atoms with E-state index in [9.17, 15) is 14.7 Å². The first-order chi connectivity index (χ1) is 13.0. The van der Waals surface area contributed by atoms with Crippen LogP contribution in [0.15, 0.2) is 60.2 Å². The number of halogens is 2. The molecule has 0 bridgehead atoms. The number of rotatable bonds is 6. The summed E-state index contributed by atoms with van der Waals surface area (Å²) in [6.07, 6.45) is 2.55. The number of carbonyl (C=O) groups excluding carboxylic acids is 1. The molecule has 1 aliphatic rings. The molecule has 2 N–H and O–H groups in total. The summed E-state index contributed by atoms with van der Waals surface area (Å²) in [5.74, 6) is -1.05. The van der Waals surface area contributed by atoms with E-state index in [1.54, 1.807) is 23.1 Å². The molecule has 5 nitrogen and oxygen atoms in total. The third-order valence-electron chi connectivity index (χ3n) is 4.35. The second-order valence-corrected chi connectivity index (χ2v) is 7.77. The highest BCUT2D eigenvalue weighted by Gasteiger charge is 2.27. The minimum absolute atomic E-state index is 0.0670. The Morgan fingerprint density at radius 3 is 2.74 bits per heavy atom. The molecule has 1 saturated heterocycles. The molecule has 1 fully saturated rings. The number of hydrogen-bond acceptors (Lipinski definition) is 3. The van der Waals surface area contributed by atoms with Gasteiger partial charge in [-0.05, 0) is 65.8 Å². The predicted octanol–water partition coefficient (Wildman–Crippen LogP) is 4.56. The number of nitrogens with one attached hydrogen (secondary N) is 1. The van der Waals surface area contributed by atoms with Gasteiger partial charge in [-0.1, -0.05) is 35.9 Å². The minimum Gasteiger partial charge on any atom is -0.480 e. The normalized spacial score (nSPS) is 16.6. The van der Waals surface area contributed by atoms with E-state index >= 15 is 0 Å². The molecular weight excluding hydrogens is 479 g/mol. The van der Waals surface area contributed by atoms with Crippen LogP contribution in [0.1, 0.15) is 12.8 Å². The molecule has 0 spiro atoms. The van der Waals surface area contributed by atoms with Gasteiger partial charge in [0.25, 0.3) is 5.91 Å². The number of carboxylic acids is 1. The zero-order valence-electron chi connectivity index (χ0n) is 14.4. The number of carboxylic acid groups (broad SMARTS) is 1. The molecule has 7 heteroatoms. The van der Waals surface area contributed by atoms with E-state index in [0.29, 0.717) is 29.2 Å². The van der Waals surface area contributed by atoms with Crippen LogP contribution in [-0.2, 0) is 9.59 Å². The average Bonchev–Trinajstić information content (AvgIpc) is 3.02. The number of para-hydroxylation sites is 1. The summed E-state index contributed by atoms with van der Waals surface area (Å²) in [4.78, 5) is 26.0. The zero-order chi connectivity index (χ0) is 19.4. The third kappa shape index (κ3) is 4.81. The fourth-order valence-corrected chi connectivity index (χ4v) is 3.60. The van der Waals surface area contributed by atoms with Gasteiger partial charge in [-0.15, -0.1) is 0 Å². The Labute approximate surface area is 176 Å². The average molecular weight is 497 g/mol. The van der Waals surface area contributed by atoms with Gasteiger partial charge in [0.05, 0.1) is 0 Å². The van der Waals surface area contributed by atoms with E-state index in [1.807, 2.05) is 36.4 Å². The van der Waals surface area contributed by atoms with Crippen LogP contribution in [0.4, 0.5) is 11.4 Å². The van der Waals surface area contributed by atoms with Crippen LogP contribution in [-0.4, -0.2) is 29.6 Å². The SMILES string of the molecule is O=C(O)[C@@H](C/C=C1\CCN(c2ccccc2)C1=O)Nc1cc(Cl)ccc1I. The van der Waals surface area contributed by atoms with Crippen molar-refractivity contribution >= 4 is 57.4 Å². The van der Waals surface area contributed by atoms with E-state index in [0.717, 1.165) is 9.26 Å². The summed E-state index contributed by atoms with van der Waals surface area (Å²) in [5, 5.41) is 13.1. The van der Waals surface area contributed by atoms with Crippen molar-refractivity contribution < 1.29 is 14.7 Å². The minimum atomic E-state index is -0.979. The van der Waals surface area contributed by atoms with Crippen molar-refractivity contribution in [3.05, 3.63) is 68.8 Å². The number of benzene rings is 2. The van der Waals surface area contributed by atoms with Crippen LogP contribution in [0.25, 0.3) is 0 Å². The van der Waals surface area contributed by atoms with E-state index in [4.69, 9.17) is 11.6 Å². The van der Waals surface area contributed by atoms with Crippen molar-refractivity contribution in [2.75, 3.05) is 16.8 Å². The lowest BCUT2D eigenvalue weighted by atomic mass is 10.1. The van der Waals surface area contributed by atoms with Gasteiger partial charge in [0, 0.05) is 32.1 Å². The summed E-state index contributed by atoms with van der Waals surface area (Å²) in [7, 11) is 0. The van der Waals surface area contributed by atoms with Crippen molar-refractivity contribution in [1.82, 2.24) is 0 Å². The van der Waals surface area contributed by atoms with Crippen molar-refractivity contribution in [1.29, 1.82) is 0 Å². The topological polar surface area (TPSA) is 69.6 Å². The van der Waals surface area contributed by atoms with Gasteiger partial charge in [0.2, 0.25) is 0 Å². The van der Waals surface area contributed by atoms with Gasteiger partial charge in [0.15, 0.2) is 0 Å². The number of aliphatic carboxylic acids is 1. The molecule has 2 aromatic carbocycles. The Hall–Kier alpha value is -2.06. The molecule has 0 radical (unpaired) electrons. The van der Waals surface area contributed by atoms with Gasteiger partial charge in [-0.3, -0.25) is 4.79 Å². The molecule has 140 valence electrons. The monoisotopic (exact) mass is 496 g/mol. The summed E-state index contributed by atoms with van der Waals surface area (Å²) in [6, 6.07) is 13.9. The smallest absolute Gasteiger partial charge is 0.326 e. The maximum atomic E-state index is 12.6. The maximum absolute atomic E-state index is 12.6. The first kappa shape index (κ1) is 19.7. The largest absolute Gasteiger partial charge is 0.480 e. The van der Waals surface area contributed by atoms with Crippen LogP contribution in [0, 0.1) is 3.57 Å². The second kappa shape index (κ2) is 8.75. The Bertz CT molecular complexity index is 886. The van der Waals surface area contributed by atoms with Gasteiger partial charge >= 0.3 is 5.97 Å². The maximum Gasteiger partial charge on any atom is 0.326 e. The lowest BCUT2D eigenvalue weighted by molar-refractivity contribution is -0.137. The second-order valence-electron chi connectivity index (χ2n) is 6.17. The fraction of sp³-hybridized carbons (Fsp3) is 0.200. The van der Waals surface area contributed by atoms with Crippen molar-refractivity contribution in [3.63, 3.8) is 0 Å². The van der Waals surface area contributed by atoms with Gasteiger partial charge in [-0.2, -0.15) is 0 Å². The lowest BCUT2D eigenvalue weighted by Gasteiger charge is -2.16. The molecule has 0 aliphatic carbocycles. The van der Waals surface area contributed by atoms with E-state index in [1.165, 1.54) is 0 Å². The molecule has 1 atom stereocenters. The highest BCUT2D eigenvalue weighted by Crippen LogP contribution is 2.26. The number of nitrogens with zero attached hydrogens (tertiary/aromatic N) is 1. The zero-order valence-corrected chi connectivity index (χ0v) is 17.3. The predicted molar refractivity (Wildman–Crippen MR) is 115 cm³/mol. The highest BCUT2D eigenvalue weighted by atomic mass is 127. The molecule has 0 aromatic heterocycles. The quantitative estimate of drug-likeness (QED) is 0.454. The van der Waals surface area contributed by atoms with Crippen LogP contribution < -0.4 is 10.2 Å². The van der Waals surface area contributed by atoms with E-state index in [2.05, 4.69) is 27.9 Å². The molecule has 1 amide bonds. The van der Waals surface area contributed by atoms with Crippen LogP contribution in [0.2, 0.25) is 5.02 Å². The number of amides is 1. The Balaban J connectivity index is 1.71. The number of carbonyl (C=O) groups is 2. The summed E-state index contributed by atoms with van der Waals surface area (Å²) in [6.45, 7) is 0.603. The molecule has 2 aromatic rings. The summed E-state index contributed by atoms with van der Waals surface area (Å²) >= 11 is 8.12. The summed E-state index contributed by atoms with van der Waals surface area (Å²) < 4.78 is 0.878. The Morgan fingerprint density at radius 1 is 1.30 bits per heavy atom. The first-order valence-electron chi connectivity index (χ1n) is 8.46. The first-order valence-corrected chi connectivity index (χ1v) is 9.91. The summed E-state index contributed by atoms with van der Waals surface area (Å²) in [5.41, 5.74) is 2.16. The standard InChI is InChI=1S/C20H18ClIN2O3/c21-14-7-8-16(22)18(12-14)23-17(20(26)27)9-6-13-10-11-24(19(13)25)15-4-2-1-3-5-15/h1-8,12,17,23H,9-11H2,(H,26,27)/b13-6+/t17-/m1/s1. The Morgan fingerprint density at radius 2 is 2.04 bits per heavy atom. The van der Waals surface area contributed by atoms with Gasteiger partial charge in [-0.25, -0.2) is 4.79 Å². The number of hydrogen-bond donors (Lipinski definition) is 2. The van der Waals surface area contributed by atoms with E-state index in [-0.39, 0.29) is 12.3 Å². The molecule has 0 unspecified atom stereocenters. The number of anilines is 2. The van der Waals surface area contributed by atoms with Crippen LogP contribution >= 0.6 is 34.2 Å². The Kier molecular flexibility index (Phi) is 6.38. The fourth-order valence-electron chi connectivity index (χ4n) is 2.94. The van der Waals surface area contributed by atoms with E-state index < -0.39 is 12.0 Å². The van der Waals surface area contributed by atoms with Crippen molar-refractivity contribution in [2.45, 2.75) is 18.9 Å². The van der Waals surface area contributed by atoms with Crippen LogP contribution in [0.3, 0.4) is 0 Å². The molecule has 1 aliphatic heterocycles. The van der Waals surface area contributed by atoms with Crippen molar-refractivity contribution in [3.8, 4) is 0 Å². The van der Waals surface area contributed by atoms with Crippen molar-refractivity contribution in [2.24, 2.45) is 0 Å². The highest BCUT2D eigenvalue weighted by molar-refractivity contribution is 14.1. The van der Waals surface area contributed by atoms with Gasteiger partial charge < -0.3 is 15.3 Å². The molecule has 0 saturated carbocycles. The third-order valence-corrected chi connectivity index (χ3v) is 5.52. The molecule has 1 heterocycles. The molecule has 3 rings (SSSR count). The van der Waals surface area contributed by atoms with Crippen LogP contribution in [0.5, 0.6) is 0 Å².